The molecule has 0 unspecified atom stereocenters. The van der Waals surface area contributed by atoms with Crippen LogP contribution in [-0.4, -0.2) is 30.3 Å². The number of aromatic nitrogens is 2. The van der Waals surface area contributed by atoms with Gasteiger partial charge in [0.2, 0.25) is 10.1 Å². The van der Waals surface area contributed by atoms with Gasteiger partial charge in [-0.05, 0) is 17.7 Å². The Balaban J connectivity index is 1.92. The number of carbonyl (C=O) groups is 1. The predicted octanol–water partition coefficient (Wildman–Crippen LogP) is 1.52. The van der Waals surface area contributed by atoms with Crippen molar-refractivity contribution in [1.29, 1.82) is 0 Å². The van der Waals surface area contributed by atoms with Crippen LogP contribution >= 0.6 is 11.3 Å². The number of benzene rings is 1. The van der Waals surface area contributed by atoms with Crippen LogP contribution in [0.1, 0.15) is 15.4 Å². The fraction of sp³-hybridized carbons (Fsp3) is 0.250. The molecule has 0 aliphatic rings. The first-order chi connectivity index (χ1) is 9.22. The van der Waals surface area contributed by atoms with Crippen LogP contribution in [0.2, 0.25) is 0 Å². The molecule has 1 aromatic heterocycles. The van der Waals surface area contributed by atoms with Gasteiger partial charge in [0, 0.05) is 13.6 Å². The zero-order chi connectivity index (χ0) is 13.7. The van der Waals surface area contributed by atoms with E-state index in [0.717, 1.165) is 11.3 Å². The van der Waals surface area contributed by atoms with Crippen LogP contribution in [0.4, 0.5) is 5.13 Å². The Bertz CT molecular complexity index is 553. The highest BCUT2D eigenvalue weighted by atomic mass is 32.1. The largest absolute Gasteiger partial charge is 0.497 e. The molecule has 0 spiro atoms. The summed E-state index contributed by atoms with van der Waals surface area (Å²) < 4.78 is 5.07. The minimum atomic E-state index is -0.227. The molecule has 2 rings (SSSR count). The maximum Gasteiger partial charge on any atom is 0.282 e. The van der Waals surface area contributed by atoms with Gasteiger partial charge in [-0.1, -0.05) is 23.5 Å². The molecule has 2 aromatic rings. The standard InChI is InChI=1S/C12H14N4O2S/c1-13-12-16-15-11(19-12)10(17)14-7-8-3-5-9(18-2)6-4-8/h3-6H,7H2,1-2H3,(H,13,16)(H,14,17). The number of nitrogens with one attached hydrogen (secondary N) is 2. The third-order valence-electron chi connectivity index (χ3n) is 2.45. The van der Waals surface area contributed by atoms with Crippen LogP contribution in [0.5, 0.6) is 5.75 Å². The first-order valence-corrected chi connectivity index (χ1v) is 6.47. The zero-order valence-electron chi connectivity index (χ0n) is 10.6. The third-order valence-corrected chi connectivity index (χ3v) is 3.38. The summed E-state index contributed by atoms with van der Waals surface area (Å²) in [6.45, 7) is 0.442. The molecule has 0 aliphatic heterocycles. The minimum absolute atomic E-state index is 0.227. The van der Waals surface area contributed by atoms with E-state index >= 15 is 0 Å². The van der Waals surface area contributed by atoms with Crippen LogP contribution in [0.15, 0.2) is 24.3 Å². The smallest absolute Gasteiger partial charge is 0.282 e. The van der Waals surface area contributed by atoms with E-state index < -0.39 is 0 Å². The van der Waals surface area contributed by atoms with E-state index in [1.54, 1.807) is 14.2 Å². The van der Waals surface area contributed by atoms with Crippen LogP contribution in [-0.2, 0) is 6.54 Å². The lowest BCUT2D eigenvalue weighted by molar-refractivity contribution is 0.0950. The highest BCUT2D eigenvalue weighted by Crippen LogP contribution is 2.14. The average Bonchev–Trinajstić information content (AvgIpc) is 2.94. The maximum absolute atomic E-state index is 11.8. The Kier molecular flexibility index (Phi) is 4.30. The highest BCUT2D eigenvalue weighted by molar-refractivity contribution is 7.17. The van der Waals surface area contributed by atoms with E-state index in [1.165, 1.54) is 11.3 Å². The van der Waals surface area contributed by atoms with E-state index in [0.29, 0.717) is 16.7 Å². The van der Waals surface area contributed by atoms with Gasteiger partial charge in [0.1, 0.15) is 5.75 Å². The number of ether oxygens (including phenoxy) is 1. The summed E-state index contributed by atoms with van der Waals surface area (Å²) in [7, 11) is 3.35. The van der Waals surface area contributed by atoms with E-state index in [-0.39, 0.29) is 5.91 Å². The Hall–Kier alpha value is -2.15. The molecule has 6 nitrogen and oxygen atoms in total. The van der Waals surface area contributed by atoms with Gasteiger partial charge in [-0.2, -0.15) is 0 Å². The minimum Gasteiger partial charge on any atom is -0.497 e. The summed E-state index contributed by atoms with van der Waals surface area (Å²) in [5.74, 6) is 0.563. The van der Waals surface area contributed by atoms with Crippen molar-refractivity contribution in [1.82, 2.24) is 15.5 Å². The molecule has 1 aromatic carbocycles. The molecule has 0 saturated heterocycles. The van der Waals surface area contributed by atoms with Gasteiger partial charge in [-0.3, -0.25) is 4.79 Å². The molecule has 2 N–H and O–H groups in total. The lowest BCUT2D eigenvalue weighted by Crippen LogP contribution is -2.22. The van der Waals surface area contributed by atoms with Crippen LogP contribution in [0.25, 0.3) is 0 Å². The van der Waals surface area contributed by atoms with E-state index in [2.05, 4.69) is 20.8 Å². The number of hydrogen-bond acceptors (Lipinski definition) is 6. The van der Waals surface area contributed by atoms with Gasteiger partial charge in [0.15, 0.2) is 0 Å². The van der Waals surface area contributed by atoms with Crippen molar-refractivity contribution in [3.8, 4) is 5.75 Å². The Morgan fingerprint density at radius 1 is 1.32 bits per heavy atom. The van der Waals surface area contributed by atoms with Crippen LogP contribution < -0.4 is 15.4 Å². The number of amides is 1. The summed E-state index contributed by atoms with van der Waals surface area (Å²) in [5, 5.41) is 14.2. The van der Waals surface area contributed by atoms with Gasteiger partial charge in [0.05, 0.1) is 7.11 Å². The van der Waals surface area contributed by atoms with Crippen molar-refractivity contribution in [2.24, 2.45) is 0 Å². The number of rotatable bonds is 5. The van der Waals surface area contributed by atoms with Crippen molar-refractivity contribution in [2.45, 2.75) is 6.54 Å². The Morgan fingerprint density at radius 3 is 2.63 bits per heavy atom. The molecular formula is C12H14N4O2S. The molecule has 0 atom stereocenters. The Labute approximate surface area is 114 Å². The van der Waals surface area contributed by atoms with Gasteiger partial charge < -0.3 is 15.4 Å². The van der Waals surface area contributed by atoms with Gasteiger partial charge in [0.25, 0.3) is 5.91 Å². The SMILES string of the molecule is CNc1nnc(C(=O)NCc2ccc(OC)cc2)s1. The maximum atomic E-state index is 11.8. The fourth-order valence-electron chi connectivity index (χ4n) is 1.42. The van der Waals surface area contributed by atoms with Gasteiger partial charge in [-0.15, -0.1) is 10.2 Å². The molecule has 1 heterocycles. The first-order valence-electron chi connectivity index (χ1n) is 5.65. The number of methoxy groups -OCH3 is 1. The molecular weight excluding hydrogens is 264 g/mol. The number of anilines is 1. The van der Waals surface area contributed by atoms with E-state index in [4.69, 9.17) is 4.74 Å². The fourth-order valence-corrected chi connectivity index (χ4v) is 2.03. The molecule has 19 heavy (non-hydrogen) atoms. The normalized spacial score (nSPS) is 10.0. The average molecular weight is 278 g/mol. The molecule has 0 saturated carbocycles. The van der Waals surface area contributed by atoms with Crippen LogP contribution in [0.3, 0.4) is 0 Å². The summed E-state index contributed by atoms with van der Waals surface area (Å²) in [4.78, 5) is 11.8. The first kappa shape index (κ1) is 13.3. The van der Waals surface area contributed by atoms with Crippen molar-refractivity contribution >= 4 is 22.4 Å². The molecule has 100 valence electrons. The molecule has 1 amide bonds. The molecule has 7 heteroatoms. The number of carbonyl (C=O) groups excluding carboxylic acids is 1. The number of nitrogens with zero attached hydrogens (tertiary/aromatic N) is 2. The molecule has 0 bridgehead atoms. The van der Waals surface area contributed by atoms with Crippen LogP contribution in [0, 0.1) is 0 Å². The highest BCUT2D eigenvalue weighted by Gasteiger charge is 2.11. The zero-order valence-corrected chi connectivity index (χ0v) is 11.5. The molecule has 0 aliphatic carbocycles. The summed E-state index contributed by atoms with van der Waals surface area (Å²) in [5.41, 5.74) is 0.993. The quantitative estimate of drug-likeness (QED) is 0.867. The summed E-state index contributed by atoms with van der Waals surface area (Å²) in [6, 6.07) is 7.51. The second-order valence-corrected chi connectivity index (χ2v) is 4.67. The molecule has 0 fully saturated rings. The van der Waals surface area contributed by atoms with Crippen molar-refractivity contribution in [3.63, 3.8) is 0 Å². The van der Waals surface area contributed by atoms with Gasteiger partial charge in [-0.25, -0.2) is 0 Å². The van der Waals surface area contributed by atoms with Crippen molar-refractivity contribution in [2.75, 3.05) is 19.5 Å². The summed E-state index contributed by atoms with van der Waals surface area (Å²) >= 11 is 1.22. The number of hydrogen-bond donors (Lipinski definition) is 2. The lowest BCUT2D eigenvalue weighted by atomic mass is 10.2. The lowest BCUT2D eigenvalue weighted by Gasteiger charge is -2.04. The summed E-state index contributed by atoms with van der Waals surface area (Å²) in [6.07, 6.45) is 0. The van der Waals surface area contributed by atoms with Gasteiger partial charge >= 0.3 is 0 Å². The molecule has 0 radical (unpaired) electrons. The second kappa shape index (κ2) is 6.14. The van der Waals surface area contributed by atoms with E-state index in [9.17, 15) is 4.79 Å². The third kappa shape index (κ3) is 3.41. The predicted molar refractivity (Wildman–Crippen MR) is 73.6 cm³/mol. The second-order valence-electron chi connectivity index (χ2n) is 3.69. The topological polar surface area (TPSA) is 76.1 Å². The van der Waals surface area contributed by atoms with E-state index in [1.807, 2.05) is 24.3 Å². The monoisotopic (exact) mass is 278 g/mol. The van der Waals surface area contributed by atoms with Crippen molar-refractivity contribution < 1.29 is 9.53 Å². The van der Waals surface area contributed by atoms with Crippen molar-refractivity contribution in [3.05, 3.63) is 34.8 Å². The Morgan fingerprint density at radius 2 is 2.05 bits per heavy atom.